The van der Waals surface area contributed by atoms with Crippen molar-refractivity contribution in [1.82, 2.24) is 4.90 Å². The van der Waals surface area contributed by atoms with Gasteiger partial charge >= 0.3 is 0 Å². The highest BCUT2D eigenvalue weighted by atomic mass is 16.5. The van der Waals surface area contributed by atoms with Crippen molar-refractivity contribution in [3.8, 4) is 11.5 Å². The monoisotopic (exact) mass is 325 g/mol. The molecule has 2 aromatic rings. The molecular formula is C20H23NO3. The molecule has 1 fully saturated rings. The largest absolute Gasteiger partial charge is 0.497 e. The Morgan fingerprint density at radius 3 is 2.25 bits per heavy atom. The van der Waals surface area contributed by atoms with Crippen molar-refractivity contribution >= 4 is 5.91 Å². The van der Waals surface area contributed by atoms with E-state index in [-0.39, 0.29) is 11.9 Å². The zero-order valence-corrected chi connectivity index (χ0v) is 14.4. The van der Waals surface area contributed by atoms with Gasteiger partial charge in [-0.2, -0.15) is 0 Å². The molecule has 0 aliphatic carbocycles. The molecule has 0 bridgehead atoms. The highest BCUT2D eigenvalue weighted by Gasteiger charge is 2.30. The van der Waals surface area contributed by atoms with Crippen LogP contribution in [0.25, 0.3) is 0 Å². The SMILES string of the molecule is COc1cc(OC)cc(C(=O)N2CCCC2c2ccc(C)cc2)c1. The minimum atomic E-state index is 0.0234. The van der Waals surface area contributed by atoms with E-state index in [4.69, 9.17) is 9.47 Å². The van der Waals surface area contributed by atoms with Crippen molar-refractivity contribution in [2.75, 3.05) is 20.8 Å². The van der Waals surface area contributed by atoms with Gasteiger partial charge in [-0.05, 0) is 37.5 Å². The second-order valence-electron chi connectivity index (χ2n) is 6.17. The van der Waals surface area contributed by atoms with Crippen molar-refractivity contribution in [3.63, 3.8) is 0 Å². The van der Waals surface area contributed by atoms with Crippen LogP contribution in [0.3, 0.4) is 0 Å². The predicted molar refractivity (Wildman–Crippen MR) is 93.7 cm³/mol. The topological polar surface area (TPSA) is 38.8 Å². The van der Waals surface area contributed by atoms with E-state index >= 15 is 0 Å². The van der Waals surface area contributed by atoms with Gasteiger partial charge in [0.15, 0.2) is 0 Å². The number of ether oxygens (including phenoxy) is 2. The molecule has 4 heteroatoms. The zero-order valence-electron chi connectivity index (χ0n) is 14.4. The summed E-state index contributed by atoms with van der Waals surface area (Å²) in [5.41, 5.74) is 3.03. The van der Waals surface area contributed by atoms with Gasteiger partial charge in [-0.1, -0.05) is 29.8 Å². The first kappa shape index (κ1) is 16.4. The number of nitrogens with zero attached hydrogens (tertiary/aromatic N) is 1. The van der Waals surface area contributed by atoms with E-state index in [0.29, 0.717) is 17.1 Å². The maximum absolute atomic E-state index is 13.0. The first-order valence-corrected chi connectivity index (χ1v) is 8.23. The fourth-order valence-corrected chi connectivity index (χ4v) is 3.24. The lowest BCUT2D eigenvalue weighted by Gasteiger charge is -2.25. The van der Waals surface area contributed by atoms with Crippen molar-refractivity contribution in [3.05, 3.63) is 59.2 Å². The van der Waals surface area contributed by atoms with Crippen molar-refractivity contribution in [2.45, 2.75) is 25.8 Å². The van der Waals surface area contributed by atoms with Gasteiger partial charge in [-0.15, -0.1) is 0 Å². The highest BCUT2D eigenvalue weighted by Crippen LogP contribution is 2.34. The van der Waals surface area contributed by atoms with Gasteiger partial charge in [-0.25, -0.2) is 0 Å². The molecular weight excluding hydrogens is 302 g/mol. The standard InChI is InChI=1S/C20H23NO3/c1-14-6-8-15(9-7-14)19-5-4-10-21(19)20(22)16-11-17(23-2)13-18(12-16)24-3/h6-9,11-13,19H,4-5,10H2,1-3H3. The number of hydrogen-bond acceptors (Lipinski definition) is 3. The van der Waals surface area contributed by atoms with Gasteiger partial charge in [0.05, 0.1) is 20.3 Å². The summed E-state index contributed by atoms with van der Waals surface area (Å²) in [6.45, 7) is 2.85. The Morgan fingerprint density at radius 1 is 1.04 bits per heavy atom. The Kier molecular flexibility index (Phi) is 4.74. The van der Waals surface area contributed by atoms with Crippen LogP contribution in [0, 0.1) is 6.92 Å². The first-order valence-electron chi connectivity index (χ1n) is 8.23. The minimum Gasteiger partial charge on any atom is -0.497 e. The van der Waals surface area contributed by atoms with Crippen LogP contribution in [0.4, 0.5) is 0 Å². The molecule has 0 spiro atoms. The quantitative estimate of drug-likeness (QED) is 0.853. The highest BCUT2D eigenvalue weighted by molar-refractivity contribution is 5.95. The number of hydrogen-bond donors (Lipinski definition) is 0. The van der Waals surface area contributed by atoms with Crippen LogP contribution < -0.4 is 9.47 Å². The summed E-state index contributed by atoms with van der Waals surface area (Å²) in [7, 11) is 3.18. The van der Waals surface area contributed by atoms with E-state index in [9.17, 15) is 4.79 Å². The predicted octanol–water partition coefficient (Wildman–Crippen LogP) is 3.99. The van der Waals surface area contributed by atoms with Crippen LogP contribution in [0.1, 0.15) is 40.4 Å². The van der Waals surface area contributed by atoms with Gasteiger partial charge in [-0.3, -0.25) is 4.79 Å². The van der Waals surface area contributed by atoms with E-state index < -0.39 is 0 Å². The first-order chi connectivity index (χ1) is 11.6. The summed E-state index contributed by atoms with van der Waals surface area (Å²) in [6.07, 6.45) is 2.02. The van der Waals surface area contributed by atoms with Crippen LogP contribution in [0.5, 0.6) is 11.5 Å². The average Bonchev–Trinajstić information content (AvgIpc) is 3.10. The van der Waals surface area contributed by atoms with E-state index in [0.717, 1.165) is 19.4 Å². The number of aryl methyl sites for hydroxylation is 1. The van der Waals surface area contributed by atoms with Crippen LogP contribution in [-0.2, 0) is 0 Å². The number of benzene rings is 2. The molecule has 1 atom stereocenters. The third-order valence-electron chi connectivity index (χ3n) is 4.57. The fourth-order valence-electron chi connectivity index (χ4n) is 3.24. The number of methoxy groups -OCH3 is 2. The second kappa shape index (κ2) is 6.95. The average molecular weight is 325 g/mol. The molecule has 0 radical (unpaired) electrons. The molecule has 1 saturated heterocycles. The lowest BCUT2D eigenvalue weighted by Crippen LogP contribution is -2.30. The van der Waals surface area contributed by atoms with E-state index in [1.807, 2.05) is 4.90 Å². The molecule has 1 amide bonds. The summed E-state index contributed by atoms with van der Waals surface area (Å²) in [6, 6.07) is 13.9. The van der Waals surface area contributed by atoms with Crippen LogP contribution >= 0.6 is 0 Å². The summed E-state index contributed by atoms with van der Waals surface area (Å²) in [4.78, 5) is 15.0. The van der Waals surface area contributed by atoms with Crippen molar-refractivity contribution < 1.29 is 14.3 Å². The molecule has 1 unspecified atom stereocenters. The van der Waals surface area contributed by atoms with Crippen LogP contribution in [0.2, 0.25) is 0 Å². The third kappa shape index (κ3) is 3.23. The summed E-state index contributed by atoms with van der Waals surface area (Å²) in [5, 5.41) is 0. The third-order valence-corrected chi connectivity index (χ3v) is 4.57. The molecule has 1 heterocycles. The summed E-state index contributed by atoms with van der Waals surface area (Å²) < 4.78 is 10.6. The lowest BCUT2D eigenvalue weighted by molar-refractivity contribution is 0.0735. The number of rotatable bonds is 4. The Bertz CT molecular complexity index is 702. The summed E-state index contributed by atoms with van der Waals surface area (Å²) in [5.74, 6) is 1.28. The second-order valence-corrected chi connectivity index (χ2v) is 6.17. The molecule has 4 nitrogen and oxygen atoms in total. The maximum Gasteiger partial charge on any atom is 0.254 e. The molecule has 126 valence electrons. The van der Waals surface area contributed by atoms with Gasteiger partial charge in [0.2, 0.25) is 0 Å². The number of amides is 1. The fraction of sp³-hybridized carbons (Fsp3) is 0.350. The minimum absolute atomic E-state index is 0.0234. The molecule has 24 heavy (non-hydrogen) atoms. The maximum atomic E-state index is 13.0. The molecule has 1 aliphatic rings. The molecule has 0 saturated carbocycles. The van der Waals surface area contributed by atoms with Crippen molar-refractivity contribution in [1.29, 1.82) is 0 Å². The molecule has 2 aromatic carbocycles. The van der Waals surface area contributed by atoms with Gasteiger partial charge in [0, 0.05) is 18.2 Å². The van der Waals surface area contributed by atoms with Gasteiger partial charge in [0.25, 0.3) is 5.91 Å². The van der Waals surface area contributed by atoms with Crippen LogP contribution in [-0.4, -0.2) is 31.6 Å². The lowest BCUT2D eigenvalue weighted by atomic mass is 10.0. The zero-order chi connectivity index (χ0) is 17.1. The molecule has 0 N–H and O–H groups in total. The molecule has 0 aromatic heterocycles. The number of carbonyl (C=O) groups is 1. The molecule has 1 aliphatic heterocycles. The summed E-state index contributed by atoms with van der Waals surface area (Å²) >= 11 is 0. The molecule has 3 rings (SSSR count). The number of carbonyl (C=O) groups excluding carboxylic acids is 1. The van der Waals surface area contributed by atoms with E-state index in [1.54, 1.807) is 32.4 Å². The Labute approximate surface area is 143 Å². The normalized spacial score (nSPS) is 17.0. The van der Waals surface area contributed by atoms with Crippen LogP contribution in [0.15, 0.2) is 42.5 Å². The Hall–Kier alpha value is -2.49. The number of likely N-dealkylation sites (tertiary alicyclic amines) is 1. The Balaban J connectivity index is 1.89. The van der Waals surface area contributed by atoms with Gasteiger partial charge < -0.3 is 14.4 Å². The van der Waals surface area contributed by atoms with Crippen molar-refractivity contribution in [2.24, 2.45) is 0 Å². The van der Waals surface area contributed by atoms with E-state index in [2.05, 4.69) is 31.2 Å². The Morgan fingerprint density at radius 2 is 1.67 bits per heavy atom. The van der Waals surface area contributed by atoms with E-state index in [1.165, 1.54) is 11.1 Å². The smallest absolute Gasteiger partial charge is 0.254 e. The van der Waals surface area contributed by atoms with Gasteiger partial charge in [0.1, 0.15) is 11.5 Å².